The van der Waals surface area contributed by atoms with Crippen LogP contribution in [0.1, 0.15) is 15.2 Å². The largest absolute Gasteiger partial charge is 0.347 e. The molecule has 3 rings (SSSR count). The van der Waals surface area contributed by atoms with Crippen LogP contribution in [0.5, 0.6) is 0 Å². The Hall–Kier alpha value is -1.43. The molecule has 3 aromatic rings. The molecule has 0 fully saturated rings. The van der Waals surface area contributed by atoms with Crippen LogP contribution >= 0.6 is 38.9 Å². The topological polar surface area (TPSA) is 42.0 Å². The number of fused-ring (bicyclic) bond motifs is 1. The highest BCUT2D eigenvalue weighted by Gasteiger charge is 2.18. The Morgan fingerprint density at radius 2 is 2.19 bits per heavy atom. The fourth-order valence-electron chi connectivity index (χ4n) is 1.98. The molecular weight excluding hydrogens is 372 g/mol. The number of amides is 1. The molecule has 6 heteroatoms. The van der Waals surface area contributed by atoms with Crippen LogP contribution in [0.2, 0.25) is 5.02 Å². The number of benzene rings is 1. The molecule has 1 N–H and O–H groups in total. The van der Waals surface area contributed by atoms with Gasteiger partial charge in [-0.15, -0.1) is 11.3 Å². The fraction of sp³-hybridized carbons (Fsp3) is 0.0667. The number of hydrogen-bond donors (Lipinski definition) is 1. The number of thiophene rings is 1. The van der Waals surface area contributed by atoms with Crippen molar-refractivity contribution >= 4 is 54.9 Å². The van der Waals surface area contributed by atoms with Gasteiger partial charge >= 0.3 is 0 Å². The highest BCUT2D eigenvalue weighted by Crippen LogP contribution is 2.39. The lowest BCUT2D eigenvalue weighted by Crippen LogP contribution is -2.22. The maximum atomic E-state index is 12.3. The summed E-state index contributed by atoms with van der Waals surface area (Å²) < 4.78 is 1.88. The number of carbonyl (C=O) groups excluding carboxylic acids is 1. The van der Waals surface area contributed by atoms with E-state index in [4.69, 9.17) is 11.6 Å². The number of nitrogens with one attached hydrogen (secondary N) is 1. The van der Waals surface area contributed by atoms with E-state index in [0.29, 0.717) is 16.4 Å². The summed E-state index contributed by atoms with van der Waals surface area (Å²) in [5, 5.41) is 4.24. The van der Waals surface area contributed by atoms with Gasteiger partial charge in [0.25, 0.3) is 5.91 Å². The van der Waals surface area contributed by atoms with E-state index < -0.39 is 0 Å². The Morgan fingerprint density at radius 1 is 1.33 bits per heavy atom. The number of pyridine rings is 1. The minimum atomic E-state index is -0.169. The molecule has 1 aromatic carbocycles. The summed E-state index contributed by atoms with van der Waals surface area (Å²) in [6.07, 6.45) is 3.43. The molecule has 2 aromatic heterocycles. The first-order valence-corrected chi connectivity index (χ1v) is 8.19. The predicted octanol–water partition coefficient (Wildman–Crippen LogP) is 4.64. The summed E-state index contributed by atoms with van der Waals surface area (Å²) in [6.45, 7) is 0.429. The maximum Gasteiger partial charge on any atom is 0.263 e. The Kier molecular flexibility index (Phi) is 4.24. The van der Waals surface area contributed by atoms with Gasteiger partial charge in [0.2, 0.25) is 0 Å². The van der Waals surface area contributed by atoms with Crippen molar-refractivity contribution in [3.8, 4) is 0 Å². The number of halogens is 2. The minimum absolute atomic E-state index is 0.169. The normalized spacial score (nSPS) is 10.8. The zero-order valence-electron chi connectivity index (χ0n) is 10.8. The molecule has 3 nitrogen and oxygen atoms in total. The first kappa shape index (κ1) is 14.5. The third-order valence-corrected chi connectivity index (χ3v) is 5.29. The summed E-state index contributed by atoms with van der Waals surface area (Å²) in [7, 11) is 0. The smallest absolute Gasteiger partial charge is 0.263 e. The van der Waals surface area contributed by atoms with Gasteiger partial charge < -0.3 is 5.32 Å². The molecule has 0 atom stereocenters. The van der Waals surface area contributed by atoms with Gasteiger partial charge in [0.05, 0.1) is 5.02 Å². The lowest BCUT2D eigenvalue weighted by atomic mass is 10.2. The second kappa shape index (κ2) is 6.13. The van der Waals surface area contributed by atoms with Crippen molar-refractivity contribution in [2.45, 2.75) is 6.54 Å². The molecule has 0 aliphatic carbocycles. The van der Waals surface area contributed by atoms with E-state index in [1.54, 1.807) is 12.4 Å². The molecule has 106 valence electrons. The molecule has 0 saturated heterocycles. The maximum absolute atomic E-state index is 12.3. The number of rotatable bonds is 3. The first-order valence-electron chi connectivity index (χ1n) is 6.20. The molecular formula is C15H10BrClN2OS. The fourth-order valence-corrected chi connectivity index (χ4v) is 4.29. The van der Waals surface area contributed by atoms with E-state index in [1.807, 2.05) is 30.3 Å². The van der Waals surface area contributed by atoms with Crippen LogP contribution in [0.25, 0.3) is 10.1 Å². The van der Waals surface area contributed by atoms with Crippen molar-refractivity contribution in [2.24, 2.45) is 0 Å². The van der Waals surface area contributed by atoms with Gasteiger partial charge in [-0.3, -0.25) is 9.78 Å². The van der Waals surface area contributed by atoms with Crippen molar-refractivity contribution < 1.29 is 4.79 Å². The van der Waals surface area contributed by atoms with E-state index in [1.165, 1.54) is 11.3 Å². The predicted molar refractivity (Wildman–Crippen MR) is 89.9 cm³/mol. The highest BCUT2D eigenvalue weighted by atomic mass is 79.9. The molecule has 0 bridgehead atoms. The average molecular weight is 382 g/mol. The van der Waals surface area contributed by atoms with Crippen LogP contribution in [0.3, 0.4) is 0 Å². The van der Waals surface area contributed by atoms with E-state index in [0.717, 1.165) is 20.1 Å². The van der Waals surface area contributed by atoms with Gasteiger partial charge in [0.15, 0.2) is 0 Å². The van der Waals surface area contributed by atoms with Crippen molar-refractivity contribution in [3.05, 3.63) is 62.7 Å². The Balaban J connectivity index is 1.85. The zero-order valence-corrected chi connectivity index (χ0v) is 13.9. The van der Waals surface area contributed by atoms with Crippen LogP contribution in [-0.4, -0.2) is 10.9 Å². The Bertz CT molecular complexity index is 804. The number of aromatic nitrogens is 1. The molecule has 0 aliphatic rings. The summed E-state index contributed by atoms with van der Waals surface area (Å²) in [5.74, 6) is -0.169. The molecule has 2 heterocycles. The standard InChI is InChI=1S/C15H10BrClN2OS/c16-10-4-1-5-11-12(10)13(17)14(21-11)15(20)19-8-9-3-2-6-18-7-9/h1-7H,8H2,(H,19,20). The number of carbonyl (C=O) groups is 1. The second-order valence-electron chi connectivity index (χ2n) is 4.40. The van der Waals surface area contributed by atoms with Gasteiger partial charge in [-0.1, -0.05) is 39.7 Å². The van der Waals surface area contributed by atoms with Gasteiger partial charge in [0.1, 0.15) is 4.88 Å². The summed E-state index contributed by atoms with van der Waals surface area (Å²) in [4.78, 5) is 16.8. The lowest BCUT2D eigenvalue weighted by Gasteiger charge is -2.03. The second-order valence-corrected chi connectivity index (χ2v) is 6.69. The highest BCUT2D eigenvalue weighted by molar-refractivity contribution is 9.10. The summed E-state index contributed by atoms with van der Waals surface area (Å²) >= 11 is 11.2. The third-order valence-electron chi connectivity index (χ3n) is 2.99. The lowest BCUT2D eigenvalue weighted by molar-refractivity contribution is 0.0955. The molecule has 21 heavy (non-hydrogen) atoms. The van der Waals surface area contributed by atoms with E-state index in [-0.39, 0.29) is 5.91 Å². The van der Waals surface area contributed by atoms with Crippen LogP contribution in [0, 0.1) is 0 Å². The molecule has 1 amide bonds. The van der Waals surface area contributed by atoms with Gasteiger partial charge in [-0.2, -0.15) is 0 Å². The van der Waals surface area contributed by atoms with Crippen LogP contribution in [-0.2, 0) is 6.54 Å². The van der Waals surface area contributed by atoms with Crippen molar-refractivity contribution in [1.29, 1.82) is 0 Å². The third kappa shape index (κ3) is 2.95. The molecule has 0 unspecified atom stereocenters. The number of nitrogens with zero attached hydrogens (tertiary/aromatic N) is 1. The molecule has 0 saturated carbocycles. The van der Waals surface area contributed by atoms with Gasteiger partial charge in [-0.05, 0) is 23.8 Å². The minimum Gasteiger partial charge on any atom is -0.347 e. The van der Waals surface area contributed by atoms with Gasteiger partial charge in [0, 0.05) is 33.5 Å². The summed E-state index contributed by atoms with van der Waals surface area (Å²) in [6, 6.07) is 9.55. The first-order chi connectivity index (χ1) is 10.2. The van der Waals surface area contributed by atoms with E-state index >= 15 is 0 Å². The molecule has 0 spiro atoms. The van der Waals surface area contributed by atoms with E-state index in [2.05, 4.69) is 26.2 Å². The monoisotopic (exact) mass is 380 g/mol. The molecule has 0 radical (unpaired) electrons. The average Bonchev–Trinajstić information content (AvgIpc) is 2.84. The zero-order chi connectivity index (χ0) is 14.8. The van der Waals surface area contributed by atoms with Crippen LogP contribution in [0.4, 0.5) is 0 Å². The van der Waals surface area contributed by atoms with Crippen LogP contribution < -0.4 is 5.32 Å². The number of hydrogen-bond acceptors (Lipinski definition) is 3. The summed E-state index contributed by atoms with van der Waals surface area (Å²) in [5.41, 5.74) is 0.948. The molecule has 0 aliphatic heterocycles. The van der Waals surface area contributed by atoms with Crippen molar-refractivity contribution in [1.82, 2.24) is 10.3 Å². The van der Waals surface area contributed by atoms with E-state index in [9.17, 15) is 4.79 Å². The van der Waals surface area contributed by atoms with Crippen LogP contribution in [0.15, 0.2) is 47.2 Å². The quantitative estimate of drug-likeness (QED) is 0.718. The Labute approximate surface area is 139 Å². The van der Waals surface area contributed by atoms with Crippen molar-refractivity contribution in [2.75, 3.05) is 0 Å². The van der Waals surface area contributed by atoms with Crippen molar-refractivity contribution in [3.63, 3.8) is 0 Å². The Morgan fingerprint density at radius 3 is 2.90 bits per heavy atom. The van der Waals surface area contributed by atoms with Gasteiger partial charge in [-0.25, -0.2) is 0 Å². The SMILES string of the molecule is O=C(NCc1cccnc1)c1sc2cccc(Br)c2c1Cl.